The summed E-state index contributed by atoms with van der Waals surface area (Å²) in [6.45, 7) is 8.40. The van der Waals surface area contributed by atoms with Gasteiger partial charge in [0.15, 0.2) is 0 Å². The van der Waals surface area contributed by atoms with Gasteiger partial charge >= 0.3 is 12.2 Å². The molecular formula is C45H46N8O6S. The van der Waals surface area contributed by atoms with E-state index in [-0.39, 0.29) is 29.7 Å². The van der Waals surface area contributed by atoms with E-state index in [2.05, 4.69) is 57.0 Å². The summed E-state index contributed by atoms with van der Waals surface area (Å²) in [5.41, 5.74) is 6.40. The molecule has 0 saturated carbocycles. The van der Waals surface area contributed by atoms with Gasteiger partial charge in [-0.2, -0.15) is 0 Å². The second-order valence-electron chi connectivity index (χ2n) is 16.4. The monoisotopic (exact) mass is 826 g/mol. The summed E-state index contributed by atoms with van der Waals surface area (Å²) in [5.74, 6) is 0.535. The van der Waals surface area contributed by atoms with Crippen LogP contribution in [0.25, 0.3) is 53.4 Å². The van der Waals surface area contributed by atoms with Crippen LogP contribution >= 0.6 is 11.3 Å². The number of carboxylic acid groups (broad SMARTS) is 1. The molecule has 308 valence electrons. The van der Waals surface area contributed by atoms with E-state index in [1.165, 1.54) is 7.11 Å². The third kappa shape index (κ3) is 6.76. The van der Waals surface area contributed by atoms with Gasteiger partial charge < -0.3 is 40.2 Å². The van der Waals surface area contributed by atoms with Crippen molar-refractivity contribution in [1.29, 1.82) is 0 Å². The second-order valence-corrected chi connectivity index (χ2v) is 17.5. The fourth-order valence-electron chi connectivity index (χ4n) is 8.90. The van der Waals surface area contributed by atoms with E-state index in [1.807, 2.05) is 69.0 Å². The summed E-state index contributed by atoms with van der Waals surface area (Å²) >= 11 is 1.67. The van der Waals surface area contributed by atoms with Crippen molar-refractivity contribution in [2.24, 2.45) is 11.8 Å². The topological polar surface area (TPSA) is 186 Å². The highest BCUT2D eigenvalue weighted by Crippen LogP contribution is 2.42. The largest absolute Gasteiger partial charge is 0.465 e. The number of likely N-dealkylation sites (tertiary alicyclic amines) is 1. The number of carbonyl (C=O) groups excluding carboxylic acids is 3. The molecule has 0 aliphatic carbocycles. The van der Waals surface area contributed by atoms with E-state index in [0.29, 0.717) is 18.9 Å². The number of aromatic amines is 2. The average molecular weight is 827 g/mol. The Morgan fingerprint density at radius 1 is 0.817 bits per heavy atom. The van der Waals surface area contributed by atoms with Crippen molar-refractivity contribution in [2.75, 3.05) is 13.7 Å². The molecule has 0 spiro atoms. The number of alkyl carbamates (subject to hydrolysis) is 1. The maximum absolute atomic E-state index is 14.0. The van der Waals surface area contributed by atoms with E-state index >= 15 is 0 Å². The molecule has 14 nitrogen and oxygen atoms in total. The summed E-state index contributed by atoms with van der Waals surface area (Å²) in [6.07, 6.45) is -0.268. The number of carbonyl (C=O) groups is 4. The molecule has 7 aromatic rings. The number of thiophene rings is 1. The number of methoxy groups -OCH3 is 1. The van der Waals surface area contributed by atoms with Gasteiger partial charge in [-0.3, -0.25) is 9.59 Å². The van der Waals surface area contributed by atoms with Gasteiger partial charge in [-0.25, -0.2) is 19.6 Å². The molecule has 3 aromatic heterocycles. The highest BCUT2D eigenvalue weighted by Gasteiger charge is 2.41. The Morgan fingerprint density at radius 3 is 2.25 bits per heavy atom. The predicted molar refractivity (Wildman–Crippen MR) is 231 cm³/mol. The normalized spacial score (nSPS) is 17.6. The number of ether oxygens (including phenoxy) is 1. The second kappa shape index (κ2) is 15.3. The fourth-order valence-corrected chi connectivity index (χ4v) is 10.0. The maximum Gasteiger partial charge on any atom is 0.407 e. The molecule has 0 bridgehead atoms. The van der Waals surface area contributed by atoms with Crippen molar-refractivity contribution < 1.29 is 29.0 Å². The van der Waals surface area contributed by atoms with Gasteiger partial charge in [0.05, 0.1) is 34.4 Å². The van der Waals surface area contributed by atoms with Gasteiger partial charge in [-0.1, -0.05) is 76.2 Å². The third-order valence-electron chi connectivity index (χ3n) is 11.9. The standard InChI is InChI=1S/C45H46N8O6S/c1-22(2)34(50-44(56)57)43(55)53-21-27-9-6-7-10-29(27)38(53)41-47-30-16-13-24-19-25(12-15-28(24)36(30)48-41)33-20-26-14-17-31-37(39(26)60-33)49-40(46-31)32-11-8-18-52(32)42(54)35(23(3)4)51-45(58)59-5/h6-7,9-10,12-17,19-20,22-23,32,34-35,38,50H,8,11,18,21H2,1-5H3,(H,46,49)(H,47,48)(H,51,58)(H,56,57)/t32-,34-,35-,38-/m0/s1. The van der Waals surface area contributed by atoms with E-state index < -0.39 is 30.3 Å². The van der Waals surface area contributed by atoms with Crippen molar-refractivity contribution in [3.63, 3.8) is 0 Å². The Hall–Kier alpha value is -6.48. The van der Waals surface area contributed by atoms with Gasteiger partial charge in [0.25, 0.3) is 0 Å². The number of benzene rings is 4. The van der Waals surface area contributed by atoms with Crippen LogP contribution in [-0.4, -0.2) is 84.6 Å². The zero-order chi connectivity index (χ0) is 42.0. The lowest BCUT2D eigenvalue weighted by Crippen LogP contribution is -2.51. The van der Waals surface area contributed by atoms with Gasteiger partial charge in [0.1, 0.15) is 35.3 Å². The number of imidazole rings is 2. The fraction of sp³-hybridized carbons (Fsp3) is 0.333. The zero-order valence-corrected chi connectivity index (χ0v) is 34.7. The number of amides is 4. The predicted octanol–water partition coefficient (Wildman–Crippen LogP) is 8.24. The van der Waals surface area contributed by atoms with Crippen LogP contribution in [0.4, 0.5) is 9.59 Å². The van der Waals surface area contributed by atoms with Gasteiger partial charge in [-0.05, 0) is 76.4 Å². The molecule has 1 fully saturated rings. The van der Waals surface area contributed by atoms with E-state index in [1.54, 1.807) is 16.2 Å². The van der Waals surface area contributed by atoms with Crippen LogP contribution in [0.1, 0.15) is 75.4 Å². The van der Waals surface area contributed by atoms with Crippen molar-refractivity contribution >= 4 is 78.3 Å². The minimum Gasteiger partial charge on any atom is -0.465 e. The molecule has 2 aliphatic heterocycles. The number of hydrogen-bond acceptors (Lipinski definition) is 8. The van der Waals surface area contributed by atoms with Crippen LogP contribution in [0, 0.1) is 11.8 Å². The van der Waals surface area contributed by atoms with Crippen molar-refractivity contribution in [2.45, 2.75) is 71.2 Å². The first-order valence-corrected chi connectivity index (χ1v) is 21.1. The molecular weight excluding hydrogens is 781 g/mol. The average Bonchev–Trinajstić information content (AvgIpc) is 4.08. The first-order chi connectivity index (χ1) is 28.9. The molecule has 4 atom stereocenters. The lowest BCUT2D eigenvalue weighted by Gasteiger charge is -2.30. The number of fused-ring (bicyclic) bond motifs is 7. The van der Waals surface area contributed by atoms with Crippen LogP contribution in [-0.2, 0) is 20.9 Å². The minimum absolute atomic E-state index is 0.123. The highest BCUT2D eigenvalue weighted by atomic mass is 32.1. The number of nitrogens with zero attached hydrogens (tertiary/aromatic N) is 4. The SMILES string of the molecule is COC(=O)N[C@H](C(=O)N1CCC[C@H]1c1nc2c(ccc3cc(-c4ccc5c(ccc6[nH]c([C@@H]7c8ccccc8CN7C(=O)[C@@H](NC(=O)O)C(C)C)nc65)c4)sc32)[nH]1)C(C)C. The lowest BCUT2D eigenvalue weighted by atomic mass is 10.0. The Kier molecular flexibility index (Phi) is 9.93. The molecule has 5 heterocycles. The molecule has 60 heavy (non-hydrogen) atoms. The Morgan fingerprint density at radius 2 is 1.50 bits per heavy atom. The molecule has 5 N–H and O–H groups in total. The number of rotatable bonds is 9. The van der Waals surface area contributed by atoms with Gasteiger partial charge in [0.2, 0.25) is 11.8 Å². The van der Waals surface area contributed by atoms with E-state index in [9.17, 15) is 24.3 Å². The maximum atomic E-state index is 14.0. The number of nitrogens with one attached hydrogen (secondary N) is 4. The highest BCUT2D eigenvalue weighted by molar-refractivity contribution is 7.23. The lowest BCUT2D eigenvalue weighted by molar-refractivity contribution is -0.136. The summed E-state index contributed by atoms with van der Waals surface area (Å²) in [4.78, 5) is 73.4. The smallest absolute Gasteiger partial charge is 0.407 e. The molecule has 4 aromatic carbocycles. The Bertz CT molecular complexity index is 2840. The molecule has 9 rings (SSSR count). The Labute approximate surface area is 349 Å². The summed E-state index contributed by atoms with van der Waals surface area (Å²) in [6, 6.07) is 22.3. The van der Waals surface area contributed by atoms with Gasteiger partial charge in [0, 0.05) is 23.4 Å². The van der Waals surface area contributed by atoms with Crippen LogP contribution in [0.5, 0.6) is 0 Å². The van der Waals surface area contributed by atoms with Crippen LogP contribution in [0.3, 0.4) is 0 Å². The summed E-state index contributed by atoms with van der Waals surface area (Å²) < 4.78 is 5.85. The Balaban J connectivity index is 1.02. The van der Waals surface area contributed by atoms with E-state index in [4.69, 9.17) is 14.7 Å². The molecule has 15 heteroatoms. The third-order valence-corrected chi connectivity index (χ3v) is 13.1. The molecule has 2 aliphatic rings. The minimum atomic E-state index is -1.24. The number of hydrogen-bond donors (Lipinski definition) is 5. The van der Waals surface area contributed by atoms with Crippen molar-refractivity contribution in [3.8, 4) is 10.4 Å². The van der Waals surface area contributed by atoms with Crippen LogP contribution in [0.2, 0.25) is 0 Å². The van der Waals surface area contributed by atoms with Crippen molar-refractivity contribution in [1.82, 2.24) is 40.4 Å². The molecule has 0 unspecified atom stereocenters. The van der Waals surface area contributed by atoms with Crippen LogP contribution in [0.15, 0.2) is 72.8 Å². The molecule has 1 saturated heterocycles. The molecule has 0 radical (unpaired) electrons. The van der Waals surface area contributed by atoms with Crippen molar-refractivity contribution in [3.05, 3.63) is 95.6 Å². The quantitative estimate of drug-likeness (QED) is 0.0963. The zero-order valence-electron chi connectivity index (χ0n) is 33.9. The first kappa shape index (κ1) is 39.0. The number of H-pyrrole nitrogens is 2. The number of aromatic nitrogens is 4. The summed E-state index contributed by atoms with van der Waals surface area (Å²) in [5, 5.41) is 17.7. The van der Waals surface area contributed by atoms with E-state index in [0.717, 1.165) is 83.2 Å². The van der Waals surface area contributed by atoms with Gasteiger partial charge in [-0.15, -0.1) is 11.3 Å². The molecule has 4 amide bonds. The summed E-state index contributed by atoms with van der Waals surface area (Å²) in [7, 11) is 1.29. The van der Waals surface area contributed by atoms with Crippen LogP contribution < -0.4 is 10.6 Å². The first-order valence-electron chi connectivity index (χ1n) is 20.3.